The highest BCUT2D eigenvalue weighted by Gasteiger charge is 2.18. The zero-order valence-corrected chi connectivity index (χ0v) is 22.8. The van der Waals surface area contributed by atoms with Crippen molar-refractivity contribution in [2.24, 2.45) is 0 Å². The molecule has 5 nitrogen and oxygen atoms in total. The fourth-order valence-corrected chi connectivity index (χ4v) is 5.11. The van der Waals surface area contributed by atoms with E-state index in [-0.39, 0.29) is 12.7 Å². The highest BCUT2D eigenvalue weighted by atomic mass is 32.2. The standard InChI is InChI=1S/C25H53O5PS/c1-3-5-7-9-11-13-14-16-18-20-22-32-24-25(23-30-31(26,27)28)29-21-19-17-15-12-10-8-6-4-2/h25H,3-24H2,1-2H3,(H2,26,27,28). The minimum Gasteiger partial charge on any atom is -0.375 e. The van der Waals surface area contributed by atoms with Crippen LogP contribution in [0.5, 0.6) is 0 Å². The van der Waals surface area contributed by atoms with Gasteiger partial charge in [-0.05, 0) is 18.6 Å². The number of ether oxygens (including phenoxy) is 1. The van der Waals surface area contributed by atoms with Gasteiger partial charge in [0, 0.05) is 12.4 Å². The van der Waals surface area contributed by atoms with E-state index in [2.05, 4.69) is 13.8 Å². The number of rotatable bonds is 26. The van der Waals surface area contributed by atoms with Crippen molar-refractivity contribution >= 4 is 19.6 Å². The zero-order chi connectivity index (χ0) is 23.8. The first-order valence-electron chi connectivity index (χ1n) is 13.4. The summed E-state index contributed by atoms with van der Waals surface area (Å²) in [5, 5.41) is 0. The Kier molecular flexibility index (Phi) is 24.9. The maximum absolute atomic E-state index is 11.0. The summed E-state index contributed by atoms with van der Waals surface area (Å²) in [5.41, 5.74) is 0. The Balaban J connectivity index is 3.74. The van der Waals surface area contributed by atoms with Gasteiger partial charge in [0.15, 0.2) is 0 Å². The molecule has 1 atom stereocenters. The third-order valence-electron chi connectivity index (χ3n) is 5.73. The molecule has 0 spiro atoms. The smallest absolute Gasteiger partial charge is 0.375 e. The number of hydrogen-bond acceptors (Lipinski definition) is 4. The Morgan fingerprint density at radius 3 is 1.59 bits per heavy atom. The molecule has 0 saturated carbocycles. The second-order valence-corrected chi connectivity index (χ2v) is 11.4. The van der Waals surface area contributed by atoms with Crippen molar-refractivity contribution in [3.8, 4) is 0 Å². The first kappa shape index (κ1) is 32.4. The van der Waals surface area contributed by atoms with Gasteiger partial charge in [-0.2, -0.15) is 11.8 Å². The first-order chi connectivity index (χ1) is 15.5. The second-order valence-electron chi connectivity index (χ2n) is 9.01. The van der Waals surface area contributed by atoms with Crippen LogP contribution in [0, 0.1) is 0 Å². The van der Waals surface area contributed by atoms with Crippen molar-refractivity contribution in [1.82, 2.24) is 0 Å². The molecule has 0 aliphatic rings. The molecule has 0 saturated heterocycles. The molecule has 0 aromatic heterocycles. The van der Waals surface area contributed by atoms with Gasteiger partial charge in [-0.1, -0.05) is 117 Å². The Labute approximate surface area is 203 Å². The summed E-state index contributed by atoms with van der Waals surface area (Å²) < 4.78 is 21.6. The third kappa shape index (κ3) is 26.7. The molecule has 194 valence electrons. The van der Waals surface area contributed by atoms with E-state index in [0.717, 1.165) is 24.3 Å². The molecule has 0 radical (unpaired) electrons. The quantitative estimate of drug-likeness (QED) is 0.0927. The van der Waals surface area contributed by atoms with Gasteiger partial charge in [0.05, 0.1) is 12.7 Å². The zero-order valence-electron chi connectivity index (χ0n) is 21.1. The van der Waals surface area contributed by atoms with E-state index in [4.69, 9.17) is 19.0 Å². The fraction of sp³-hybridized carbons (Fsp3) is 1.00. The highest BCUT2D eigenvalue weighted by molar-refractivity contribution is 7.99. The van der Waals surface area contributed by atoms with Crippen LogP contribution in [0.2, 0.25) is 0 Å². The number of phosphoric acid groups is 1. The van der Waals surface area contributed by atoms with Crippen LogP contribution in [0.1, 0.15) is 129 Å². The van der Waals surface area contributed by atoms with Crippen LogP contribution in [-0.2, 0) is 13.8 Å². The predicted octanol–water partition coefficient (Wildman–Crippen LogP) is 8.28. The van der Waals surface area contributed by atoms with Gasteiger partial charge >= 0.3 is 7.82 Å². The summed E-state index contributed by atoms with van der Waals surface area (Å²) in [7, 11) is -4.44. The highest BCUT2D eigenvalue weighted by Crippen LogP contribution is 2.36. The van der Waals surface area contributed by atoms with Crippen molar-refractivity contribution in [3.05, 3.63) is 0 Å². The molecule has 0 aliphatic carbocycles. The first-order valence-corrected chi connectivity index (χ1v) is 16.1. The van der Waals surface area contributed by atoms with E-state index < -0.39 is 7.82 Å². The average molecular weight is 497 g/mol. The molecule has 0 aliphatic heterocycles. The summed E-state index contributed by atoms with van der Waals surface area (Å²) >= 11 is 1.81. The van der Waals surface area contributed by atoms with E-state index in [9.17, 15) is 4.57 Å². The predicted molar refractivity (Wildman–Crippen MR) is 140 cm³/mol. The molecule has 7 heteroatoms. The van der Waals surface area contributed by atoms with Gasteiger partial charge in [-0.3, -0.25) is 4.52 Å². The van der Waals surface area contributed by atoms with Gasteiger partial charge < -0.3 is 14.5 Å². The molecular formula is C25H53O5PS. The van der Waals surface area contributed by atoms with E-state index in [1.54, 1.807) is 0 Å². The molecule has 32 heavy (non-hydrogen) atoms. The molecule has 2 N–H and O–H groups in total. The van der Waals surface area contributed by atoms with Crippen LogP contribution in [0.4, 0.5) is 0 Å². The van der Waals surface area contributed by atoms with Crippen molar-refractivity contribution in [3.63, 3.8) is 0 Å². The molecule has 0 aromatic carbocycles. The monoisotopic (exact) mass is 496 g/mol. The van der Waals surface area contributed by atoms with Gasteiger partial charge in [-0.15, -0.1) is 0 Å². The van der Waals surface area contributed by atoms with Crippen molar-refractivity contribution in [1.29, 1.82) is 0 Å². The lowest BCUT2D eigenvalue weighted by Gasteiger charge is -2.18. The average Bonchev–Trinajstić information content (AvgIpc) is 2.75. The van der Waals surface area contributed by atoms with Crippen LogP contribution in [0.3, 0.4) is 0 Å². The summed E-state index contributed by atoms with van der Waals surface area (Å²) in [6.45, 7) is 5.10. The summed E-state index contributed by atoms with van der Waals surface area (Å²) in [4.78, 5) is 18.0. The van der Waals surface area contributed by atoms with Crippen molar-refractivity contribution in [2.75, 3.05) is 24.7 Å². The lowest BCUT2D eigenvalue weighted by atomic mass is 10.1. The largest absolute Gasteiger partial charge is 0.469 e. The minimum absolute atomic E-state index is 0.0354. The summed E-state index contributed by atoms with van der Waals surface area (Å²) in [6, 6.07) is 0. The van der Waals surface area contributed by atoms with Crippen molar-refractivity contribution in [2.45, 2.75) is 136 Å². The molecule has 0 aromatic rings. The number of thioether (sulfide) groups is 1. The normalized spacial score (nSPS) is 13.0. The fourth-order valence-electron chi connectivity index (χ4n) is 3.72. The minimum atomic E-state index is -4.44. The molecule has 0 amide bonds. The van der Waals surface area contributed by atoms with Crippen LogP contribution >= 0.6 is 19.6 Å². The topological polar surface area (TPSA) is 76.0 Å². The van der Waals surface area contributed by atoms with Crippen LogP contribution in [0.15, 0.2) is 0 Å². The molecule has 0 bridgehead atoms. The van der Waals surface area contributed by atoms with Gasteiger partial charge in [-0.25, -0.2) is 4.57 Å². The van der Waals surface area contributed by atoms with Gasteiger partial charge in [0.2, 0.25) is 0 Å². The molecule has 1 unspecified atom stereocenters. The number of phosphoric ester groups is 1. The summed E-state index contributed by atoms with van der Waals surface area (Å²) in [5.74, 6) is 1.80. The van der Waals surface area contributed by atoms with Crippen molar-refractivity contribution < 1.29 is 23.6 Å². The molecule has 0 fully saturated rings. The molecule has 0 rings (SSSR count). The van der Waals surface area contributed by atoms with Gasteiger partial charge in [0.25, 0.3) is 0 Å². The van der Waals surface area contributed by atoms with Crippen LogP contribution in [-0.4, -0.2) is 40.6 Å². The SMILES string of the molecule is CCCCCCCCCCCCSCC(COP(=O)(O)O)OCCCCCCCCCC. The van der Waals surface area contributed by atoms with E-state index >= 15 is 0 Å². The number of hydrogen-bond donors (Lipinski definition) is 2. The van der Waals surface area contributed by atoms with E-state index in [1.807, 2.05) is 11.8 Å². The summed E-state index contributed by atoms with van der Waals surface area (Å²) in [6.07, 6.45) is 23.1. The Morgan fingerprint density at radius 2 is 1.12 bits per heavy atom. The van der Waals surface area contributed by atoms with Crippen LogP contribution in [0.25, 0.3) is 0 Å². The maximum atomic E-state index is 11.0. The van der Waals surface area contributed by atoms with E-state index in [0.29, 0.717) is 6.61 Å². The van der Waals surface area contributed by atoms with E-state index in [1.165, 1.54) is 103 Å². The third-order valence-corrected chi connectivity index (χ3v) is 7.40. The Hall–Kier alpha value is 0.420. The van der Waals surface area contributed by atoms with Gasteiger partial charge in [0.1, 0.15) is 0 Å². The lowest BCUT2D eigenvalue weighted by Crippen LogP contribution is -2.23. The molecular weight excluding hydrogens is 443 g/mol. The number of unbranched alkanes of at least 4 members (excludes halogenated alkanes) is 16. The second kappa shape index (κ2) is 24.5. The Morgan fingerprint density at radius 1 is 0.688 bits per heavy atom. The maximum Gasteiger partial charge on any atom is 0.469 e. The van der Waals surface area contributed by atoms with Crippen LogP contribution < -0.4 is 0 Å². The Bertz CT molecular complexity index is 419. The lowest BCUT2D eigenvalue weighted by molar-refractivity contribution is 0.0244. The molecule has 0 heterocycles.